The second kappa shape index (κ2) is 10.1. The molecule has 30 heavy (non-hydrogen) atoms. The number of ether oxygens (including phenoxy) is 2. The fourth-order valence-corrected chi connectivity index (χ4v) is 5.14. The number of benzene rings is 1. The van der Waals surface area contributed by atoms with Crippen LogP contribution < -0.4 is 5.32 Å². The molecular weight excluding hydrogens is 376 g/mol. The van der Waals surface area contributed by atoms with Gasteiger partial charge in [0.1, 0.15) is 6.10 Å². The van der Waals surface area contributed by atoms with Gasteiger partial charge in [0.2, 0.25) is 0 Å². The second-order valence-corrected chi connectivity index (χ2v) is 8.86. The molecule has 3 saturated heterocycles. The highest BCUT2D eigenvalue weighted by Gasteiger charge is 2.39. The van der Waals surface area contributed by atoms with Gasteiger partial charge in [0, 0.05) is 31.8 Å². The normalized spacial score (nSPS) is 25.5. The Morgan fingerprint density at radius 3 is 2.63 bits per heavy atom. The highest BCUT2D eigenvalue weighted by molar-refractivity contribution is 5.80. The van der Waals surface area contributed by atoms with E-state index in [0.717, 1.165) is 64.8 Å². The molecule has 3 heterocycles. The molecule has 3 aliphatic rings. The SMILES string of the molecule is CCNC(=NCC1(N2CCCC2)CCOCC1)N1CCOC(c2ccccc2C)C1. The zero-order chi connectivity index (χ0) is 20.8. The van der Waals surface area contributed by atoms with Crippen molar-refractivity contribution >= 4 is 5.96 Å². The van der Waals surface area contributed by atoms with Gasteiger partial charge in [-0.2, -0.15) is 0 Å². The molecular formula is C24H38N4O2. The van der Waals surface area contributed by atoms with Gasteiger partial charge in [-0.25, -0.2) is 0 Å². The molecule has 0 aliphatic carbocycles. The number of nitrogens with zero attached hydrogens (tertiary/aromatic N) is 3. The molecule has 0 aromatic heterocycles. The zero-order valence-corrected chi connectivity index (χ0v) is 18.7. The Kier molecular flexibility index (Phi) is 7.28. The summed E-state index contributed by atoms with van der Waals surface area (Å²) < 4.78 is 11.9. The summed E-state index contributed by atoms with van der Waals surface area (Å²) in [5.41, 5.74) is 2.74. The van der Waals surface area contributed by atoms with Crippen LogP contribution in [0.2, 0.25) is 0 Å². The van der Waals surface area contributed by atoms with Gasteiger partial charge in [0.25, 0.3) is 0 Å². The molecule has 1 N–H and O–H groups in total. The molecule has 0 radical (unpaired) electrons. The molecule has 1 unspecified atom stereocenters. The van der Waals surface area contributed by atoms with E-state index in [1.807, 2.05) is 0 Å². The fraction of sp³-hybridized carbons (Fsp3) is 0.708. The Hall–Kier alpha value is -1.63. The van der Waals surface area contributed by atoms with E-state index >= 15 is 0 Å². The van der Waals surface area contributed by atoms with Crippen LogP contribution in [0.1, 0.15) is 49.8 Å². The van der Waals surface area contributed by atoms with Gasteiger partial charge in [0.15, 0.2) is 5.96 Å². The molecule has 3 aliphatic heterocycles. The lowest BCUT2D eigenvalue weighted by molar-refractivity contribution is -0.0156. The van der Waals surface area contributed by atoms with E-state index in [0.29, 0.717) is 0 Å². The van der Waals surface area contributed by atoms with Crippen molar-refractivity contribution in [3.63, 3.8) is 0 Å². The maximum Gasteiger partial charge on any atom is 0.194 e. The molecule has 3 fully saturated rings. The summed E-state index contributed by atoms with van der Waals surface area (Å²) in [6.07, 6.45) is 4.90. The highest BCUT2D eigenvalue weighted by atomic mass is 16.5. The van der Waals surface area contributed by atoms with Crippen molar-refractivity contribution in [2.45, 2.75) is 51.2 Å². The number of rotatable bonds is 5. The average molecular weight is 415 g/mol. The molecule has 4 rings (SSSR count). The van der Waals surface area contributed by atoms with Crippen molar-refractivity contribution in [3.05, 3.63) is 35.4 Å². The predicted octanol–water partition coefficient (Wildman–Crippen LogP) is 2.98. The maximum absolute atomic E-state index is 6.15. The standard InChI is InChI=1S/C24H38N4O2/c1-3-25-23(26-19-24(10-15-29-16-11-24)28-12-6-7-13-28)27-14-17-30-22(18-27)21-9-5-4-8-20(21)2/h4-5,8-9,22H,3,6-7,10-19H2,1-2H3,(H,25,26). The Morgan fingerprint density at radius 2 is 1.90 bits per heavy atom. The summed E-state index contributed by atoms with van der Waals surface area (Å²) in [4.78, 5) is 10.3. The van der Waals surface area contributed by atoms with Crippen molar-refractivity contribution < 1.29 is 9.47 Å². The molecule has 0 saturated carbocycles. The lowest BCUT2D eigenvalue weighted by Crippen LogP contribution is -2.54. The summed E-state index contributed by atoms with van der Waals surface area (Å²) in [6, 6.07) is 8.56. The van der Waals surface area contributed by atoms with Gasteiger partial charge in [0.05, 0.1) is 19.7 Å². The summed E-state index contributed by atoms with van der Waals surface area (Å²) in [7, 11) is 0. The molecule has 0 amide bonds. The first-order valence-electron chi connectivity index (χ1n) is 11.7. The van der Waals surface area contributed by atoms with Crippen LogP contribution in [0.4, 0.5) is 0 Å². The average Bonchev–Trinajstić information content (AvgIpc) is 3.33. The first-order valence-corrected chi connectivity index (χ1v) is 11.7. The maximum atomic E-state index is 6.15. The van der Waals surface area contributed by atoms with Crippen LogP contribution in [-0.4, -0.2) is 80.4 Å². The molecule has 1 aromatic rings. The third-order valence-electron chi connectivity index (χ3n) is 6.96. The quantitative estimate of drug-likeness (QED) is 0.593. The van der Waals surface area contributed by atoms with Gasteiger partial charge >= 0.3 is 0 Å². The Labute approximate surface area is 181 Å². The minimum absolute atomic E-state index is 0.0967. The minimum atomic E-state index is 0.0967. The second-order valence-electron chi connectivity index (χ2n) is 8.86. The number of likely N-dealkylation sites (tertiary alicyclic amines) is 1. The Morgan fingerprint density at radius 1 is 1.13 bits per heavy atom. The Bertz CT molecular complexity index is 711. The number of morpholine rings is 1. The van der Waals surface area contributed by atoms with Crippen molar-refractivity contribution in [2.75, 3.05) is 59.1 Å². The van der Waals surface area contributed by atoms with E-state index in [4.69, 9.17) is 14.5 Å². The third kappa shape index (κ3) is 4.82. The summed E-state index contributed by atoms with van der Waals surface area (Å²) >= 11 is 0. The van der Waals surface area contributed by atoms with Crippen LogP contribution in [0, 0.1) is 6.92 Å². The van der Waals surface area contributed by atoms with E-state index in [9.17, 15) is 0 Å². The number of aliphatic imine (C=N–C) groups is 1. The zero-order valence-electron chi connectivity index (χ0n) is 18.7. The van der Waals surface area contributed by atoms with E-state index in [1.165, 1.54) is 37.1 Å². The smallest absolute Gasteiger partial charge is 0.194 e. The molecule has 6 nitrogen and oxygen atoms in total. The molecule has 1 atom stereocenters. The van der Waals surface area contributed by atoms with Gasteiger partial charge in [-0.05, 0) is 63.7 Å². The highest BCUT2D eigenvalue weighted by Crippen LogP contribution is 2.32. The Balaban J connectivity index is 1.50. The van der Waals surface area contributed by atoms with Crippen LogP contribution in [0.15, 0.2) is 29.3 Å². The lowest BCUT2D eigenvalue weighted by Gasteiger charge is -2.44. The fourth-order valence-electron chi connectivity index (χ4n) is 5.14. The first kappa shape index (κ1) is 21.6. The lowest BCUT2D eigenvalue weighted by atomic mass is 9.88. The number of nitrogens with one attached hydrogen (secondary N) is 1. The van der Waals surface area contributed by atoms with Crippen molar-refractivity contribution in [3.8, 4) is 0 Å². The monoisotopic (exact) mass is 414 g/mol. The summed E-state index contributed by atoms with van der Waals surface area (Å²) in [5, 5.41) is 3.56. The van der Waals surface area contributed by atoms with E-state index in [1.54, 1.807) is 0 Å². The summed E-state index contributed by atoms with van der Waals surface area (Å²) in [5.74, 6) is 1.03. The topological polar surface area (TPSA) is 49.3 Å². The van der Waals surface area contributed by atoms with Crippen LogP contribution in [0.25, 0.3) is 0 Å². The largest absolute Gasteiger partial charge is 0.381 e. The van der Waals surface area contributed by atoms with Crippen LogP contribution in [0.5, 0.6) is 0 Å². The molecule has 1 aromatic carbocycles. The van der Waals surface area contributed by atoms with Gasteiger partial charge in [-0.3, -0.25) is 9.89 Å². The van der Waals surface area contributed by atoms with Crippen molar-refractivity contribution in [1.82, 2.24) is 15.1 Å². The van der Waals surface area contributed by atoms with Crippen molar-refractivity contribution in [2.24, 2.45) is 4.99 Å². The third-order valence-corrected chi connectivity index (χ3v) is 6.96. The first-order chi connectivity index (χ1) is 14.7. The molecule has 0 spiro atoms. The minimum Gasteiger partial charge on any atom is -0.381 e. The van der Waals surface area contributed by atoms with Crippen LogP contribution >= 0.6 is 0 Å². The molecule has 166 valence electrons. The molecule has 0 bridgehead atoms. The summed E-state index contributed by atoms with van der Waals surface area (Å²) in [6.45, 7) is 12.6. The molecule has 6 heteroatoms. The van der Waals surface area contributed by atoms with Gasteiger partial charge < -0.3 is 19.7 Å². The van der Waals surface area contributed by atoms with Gasteiger partial charge in [-0.1, -0.05) is 24.3 Å². The predicted molar refractivity (Wildman–Crippen MR) is 121 cm³/mol. The van der Waals surface area contributed by atoms with Crippen molar-refractivity contribution in [1.29, 1.82) is 0 Å². The van der Waals surface area contributed by atoms with Crippen LogP contribution in [0.3, 0.4) is 0 Å². The number of guanidine groups is 1. The van der Waals surface area contributed by atoms with E-state index < -0.39 is 0 Å². The van der Waals surface area contributed by atoms with E-state index in [-0.39, 0.29) is 11.6 Å². The van der Waals surface area contributed by atoms with Gasteiger partial charge in [-0.15, -0.1) is 0 Å². The van der Waals surface area contributed by atoms with Crippen LogP contribution in [-0.2, 0) is 9.47 Å². The number of hydrogen-bond donors (Lipinski definition) is 1. The van der Waals surface area contributed by atoms with E-state index in [2.05, 4.69) is 53.2 Å². The number of aryl methyl sites for hydroxylation is 1. The number of hydrogen-bond acceptors (Lipinski definition) is 4.